The first-order chi connectivity index (χ1) is 10.0. The summed E-state index contributed by atoms with van der Waals surface area (Å²) in [7, 11) is 1.99. The van der Waals surface area contributed by atoms with E-state index in [9.17, 15) is 4.79 Å². The Balaban J connectivity index is 2.03. The van der Waals surface area contributed by atoms with Crippen molar-refractivity contribution in [3.8, 4) is 0 Å². The van der Waals surface area contributed by atoms with E-state index in [1.807, 2.05) is 37.4 Å². The number of ether oxygens (including phenoxy) is 1. The molecule has 0 spiro atoms. The predicted molar refractivity (Wildman–Crippen MR) is 82.5 cm³/mol. The van der Waals surface area contributed by atoms with Crippen LogP contribution in [0.4, 0.5) is 0 Å². The van der Waals surface area contributed by atoms with E-state index in [4.69, 9.17) is 16.2 Å². The van der Waals surface area contributed by atoms with Gasteiger partial charge >= 0.3 is 0 Å². The van der Waals surface area contributed by atoms with Crippen molar-refractivity contribution < 1.29 is 9.53 Å². The van der Waals surface area contributed by atoms with Crippen LogP contribution in [0.1, 0.15) is 18.4 Å². The fraction of sp³-hybridized carbons (Fsp3) is 0.562. The maximum absolute atomic E-state index is 11.9. The summed E-state index contributed by atoms with van der Waals surface area (Å²) in [6.45, 7) is 2.97. The van der Waals surface area contributed by atoms with Crippen molar-refractivity contribution in [1.82, 2.24) is 4.90 Å². The molecule has 1 aromatic rings. The van der Waals surface area contributed by atoms with Gasteiger partial charge in [0.1, 0.15) is 5.54 Å². The van der Waals surface area contributed by atoms with Crippen LogP contribution in [0.3, 0.4) is 0 Å². The molecule has 1 aromatic carbocycles. The second-order valence-electron chi connectivity index (χ2n) is 5.95. The Hall–Kier alpha value is -1.43. The van der Waals surface area contributed by atoms with Crippen LogP contribution in [0.25, 0.3) is 0 Å². The number of nitrogens with zero attached hydrogens (tertiary/aromatic N) is 1. The molecule has 0 bridgehead atoms. The number of hydrogen-bond donors (Lipinski definition) is 2. The van der Waals surface area contributed by atoms with Crippen LogP contribution < -0.4 is 11.5 Å². The monoisotopic (exact) mass is 291 g/mol. The quantitative estimate of drug-likeness (QED) is 0.808. The second-order valence-corrected chi connectivity index (χ2v) is 5.95. The fourth-order valence-electron chi connectivity index (χ4n) is 2.91. The van der Waals surface area contributed by atoms with Gasteiger partial charge in [0, 0.05) is 26.3 Å². The number of carbonyl (C=O) groups excluding carboxylic acids is 1. The highest BCUT2D eigenvalue weighted by Crippen LogP contribution is 2.21. The molecular weight excluding hydrogens is 266 g/mol. The molecule has 2 rings (SSSR count). The summed E-state index contributed by atoms with van der Waals surface area (Å²) < 4.78 is 5.37. The van der Waals surface area contributed by atoms with E-state index in [1.165, 1.54) is 0 Å². The van der Waals surface area contributed by atoms with Gasteiger partial charge in [-0.15, -0.1) is 0 Å². The number of amides is 1. The Labute approximate surface area is 126 Å². The molecule has 1 aliphatic rings. The highest BCUT2D eigenvalue weighted by molar-refractivity contribution is 5.86. The molecule has 116 valence electrons. The molecular formula is C16H25N3O2. The third-order valence-electron chi connectivity index (χ3n) is 4.16. The predicted octanol–water partition coefficient (Wildman–Crippen LogP) is 0.684. The van der Waals surface area contributed by atoms with Crippen molar-refractivity contribution in [2.75, 3.05) is 33.4 Å². The van der Waals surface area contributed by atoms with Gasteiger partial charge in [0.25, 0.3) is 0 Å². The van der Waals surface area contributed by atoms with E-state index in [0.29, 0.717) is 12.5 Å². The van der Waals surface area contributed by atoms with Crippen molar-refractivity contribution >= 4 is 5.91 Å². The largest absolute Gasteiger partial charge is 0.381 e. The number of rotatable bonds is 6. The first kappa shape index (κ1) is 15.9. The summed E-state index contributed by atoms with van der Waals surface area (Å²) in [5, 5.41) is 0. The summed E-state index contributed by atoms with van der Waals surface area (Å²) in [5.74, 6) is 0.101. The van der Waals surface area contributed by atoms with Crippen LogP contribution in [0.5, 0.6) is 0 Å². The standard InChI is InChI=1S/C16H25N3O2/c1-19(11-13-7-9-21-10-8-13)12-16(18,15(17)20)14-5-3-2-4-6-14/h2-6,13H,7-12,18H2,1H3,(H2,17,20). The fourth-order valence-corrected chi connectivity index (χ4v) is 2.91. The van der Waals surface area contributed by atoms with Crippen molar-refractivity contribution in [2.45, 2.75) is 18.4 Å². The molecule has 5 nitrogen and oxygen atoms in total. The molecule has 0 saturated carbocycles. The second kappa shape index (κ2) is 7.02. The molecule has 1 fully saturated rings. The summed E-state index contributed by atoms with van der Waals surface area (Å²) in [4.78, 5) is 14.0. The molecule has 1 saturated heterocycles. The zero-order chi connectivity index (χ0) is 15.3. The van der Waals surface area contributed by atoms with Gasteiger partial charge in [0.05, 0.1) is 0 Å². The minimum Gasteiger partial charge on any atom is -0.381 e. The molecule has 1 atom stereocenters. The molecule has 1 aliphatic heterocycles. The zero-order valence-corrected chi connectivity index (χ0v) is 12.6. The topological polar surface area (TPSA) is 81.6 Å². The van der Waals surface area contributed by atoms with E-state index >= 15 is 0 Å². The minimum atomic E-state index is -1.15. The van der Waals surface area contributed by atoms with Gasteiger partial charge < -0.3 is 21.1 Å². The van der Waals surface area contributed by atoms with E-state index in [0.717, 1.165) is 38.2 Å². The lowest BCUT2D eigenvalue weighted by molar-refractivity contribution is -0.124. The highest BCUT2D eigenvalue weighted by Gasteiger charge is 2.35. The van der Waals surface area contributed by atoms with E-state index in [-0.39, 0.29) is 0 Å². The Morgan fingerprint density at radius 1 is 1.33 bits per heavy atom. The third-order valence-corrected chi connectivity index (χ3v) is 4.16. The molecule has 5 heteroatoms. The summed E-state index contributed by atoms with van der Waals surface area (Å²) in [6, 6.07) is 9.35. The number of benzene rings is 1. The summed E-state index contributed by atoms with van der Waals surface area (Å²) in [5.41, 5.74) is 11.5. The minimum absolute atomic E-state index is 0.420. The van der Waals surface area contributed by atoms with Crippen molar-refractivity contribution in [3.63, 3.8) is 0 Å². The lowest BCUT2D eigenvalue weighted by atomic mass is 9.89. The van der Waals surface area contributed by atoms with Gasteiger partial charge in [-0.05, 0) is 31.4 Å². The highest BCUT2D eigenvalue weighted by atomic mass is 16.5. The van der Waals surface area contributed by atoms with Crippen LogP contribution in [-0.2, 0) is 15.1 Å². The first-order valence-corrected chi connectivity index (χ1v) is 7.43. The van der Waals surface area contributed by atoms with Gasteiger partial charge in [-0.3, -0.25) is 4.79 Å². The number of primary amides is 1. The van der Waals surface area contributed by atoms with Crippen LogP contribution in [-0.4, -0.2) is 44.2 Å². The maximum atomic E-state index is 11.9. The number of hydrogen-bond acceptors (Lipinski definition) is 4. The third kappa shape index (κ3) is 4.03. The number of likely N-dealkylation sites (N-methyl/N-ethyl adjacent to an activating group) is 1. The lowest BCUT2D eigenvalue weighted by Gasteiger charge is -2.34. The first-order valence-electron chi connectivity index (χ1n) is 7.43. The van der Waals surface area contributed by atoms with Gasteiger partial charge in [0.2, 0.25) is 5.91 Å². The van der Waals surface area contributed by atoms with Crippen LogP contribution in [0.2, 0.25) is 0 Å². The normalized spacial score (nSPS) is 19.4. The van der Waals surface area contributed by atoms with Crippen LogP contribution in [0.15, 0.2) is 30.3 Å². The molecule has 0 aliphatic carbocycles. The molecule has 1 unspecified atom stereocenters. The van der Waals surface area contributed by atoms with E-state index in [2.05, 4.69) is 4.90 Å². The summed E-state index contributed by atoms with van der Waals surface area (Å²) >= 11 is 0. The van der Waals surface area contributed by atoms with Gasteiger partial charge in [-0.25, -0.2) is 0 Å². The average molecular weight is 291 g/mol. The smallest absolute Gasteiger partial charge is 0.243 e. The number of nitrogens with two attached hydrogens (primary N) is 2. The van der Waals surface area contributed by atoms with Crippen molar-refractivity contribution in [1.29, 1.82) is 0 Å². The van der Waals surface area contributed by atoms with Crippen LogP contribution >= 0.6 is 0 Å². The Kier molecular flexibility index (Phi) is 5.33. The van der Waals surface area contributed by atoms with Crippen LogP contribution in [0, 0.1) is 5.92 Å². The Bertz CT molecular complexity index is 460. The SMILES string of the molecule is CN(CC1CCOCC1)CC(N)(C(N)=O)c1ccccc1. The van der Waals surface area contributed by atoms with E-state index in [1.54, 1.807) is 0 Å². The van der Waals surface area contributed by atoms with Crippen molar-refractivity contribution in [2.24, 2.45) is 17.4 Å². The molecule has 4 N–H and O–H groups in total. The molecule has 1 heterocycles. The lowest BCUT2D eigenvalue weighted by Crippen LogP contribution is -2.56. The maximum Gasteiger partial charge on any atom is 0.243 e. The Morgan fingerprint density at radius 2 is 1.95 bits per heavy atom. The molecule has 0 radical (unpaired) electrons. The molecule has 21 heavy (non-hydrogen) atoms. The summed E-state index contributed by atoms with van der Waals surface area (Å²) in [6.07, 6.45) is 2.12. The number of carbonyl (C=O) groups is 1. The van der Waals surface area contributed by atoms with Gasteiger partial charge in [-0.1, -0.05) is 30.3 Å². The average Bonchev–Trinajstić information content (AvgIpc) is 2.48. The molecule has 1 amide bonds. The van der Waals surface area contributed by atoms with Crippen molar-refractivity contribution in [3.05, 3.63) is 35.9 Å². The Morgan fingerprint density at radius 3 is 2.52 bits per heavy atom. The van der Waals surface area contributed by atoms with E-state index < -0.39 is 11.4 Å². The van der Waals surface area contributed by atoms with Gasteiger partial charge in [0.15, 0.2) is 0 Å². The zero-order valence-electron chi connectivity index (χ0n) is 12.6. The molecule has 0 aromatic heterocycles. The van der Waals surface area contributed by atoms with Gasteiger partial charge in [-0.2, -0.15) is 0 Å².